The monoisotopic (exact) mass is 205 g/mol. The normalized spacial score (nSPS) is 10.1. The summed E-state index contributed by atoms with van der Waals surface area (Å²) >= 11 is 5.87. The van der Waals surface area contributed by atoms with Crippen molar-refractivity contribution in [2.45, 2.75) is 6.92 Å². The molecule has 0 radical (unpaired) electrons. The summed E-state index contributed by atoms with van der Waals surface area (Å²) in [5.41, 5.74) is 1.31. The highest BCUT2D eigenvalue weighted by molar-refractivity contribution is 6.34. The van der Waals surface area contributed by atoms with Crippen molar-refractivity contribution in [3.63, 3.8) is 0 Å². The second-order valence-electron chi connectivity index (χ2n) is 2.76. The van der Waals surface area contributed by atoms with Crippen molar-refractivity contribution < 1.29 is 4.79 Å². The molecule has 0 amide bonds. The number of allylic oxidation sites excluding steroid dienone is 1. The number of hydrogen-bond acceptors (Lipinski definition) is 2. The molecule has 1 aromatic carbocycles. The summed E-state index contributed by atoms with van der Waals surface area (Å²) < 4.78 is 0. The third kappa shape index (κ3) is 2.45. The van der Waals surface area contributed by atoms with Crippen molar-refractivity contribution in [1.29, 1.82) is 5.26 Å². The minimum absolute atomic E-state index is 0.0641. The number of nitrogens with zero attached hydrogens (tertiary/aromatic N) is 1. The Labute approximate surface area is 87.4 Å². The molecule has 0 aliphatic rings. The highest BCUT2D eigenvalue weighted by Crippen LogP contribution is 2.19. The zero-order valence-electron chi connectivity index (χ0n) is 7.62. The molecule has 2 nitrogen and oxygen atoms in total. The van der Waals surface area contributed by atoms with Gasteiger partial charge in [-0.3, -0.25) is 4.79 Å². The van der Waals surface area contributed by atoms with E-state index >= 15 is 0 Å². The molecule has 0 saturated carbocycles. The Balaban J connectivity index is 3.08. The van der Waals surface area contributed by atoms with Crippen LogP contribution in [0.3, 0.4) is 0 Å². The van der Waals surface area contributed by atoms with Crippen LogP contribution in [0.15, 0.2) is 24.3 Å². The van der Waals surface area contributed by atoms with Gasteiger partial charge in [0.05, 0.1) is 11.1 Å². The number of carbonyl (C=O) groups is 1. The fourth-order valence-corrected chi connectivity index (χ4v) is 1.38. The van der Waals surface area contributed by atoms with Crippen LogP contribution in [0.1, 0.15) is 22.8 Å². The lowest BCUT2D eigenvalue weighted by atomic mass is 10.1. The number of nitriles is 1. The van der Waals surface area contributed by atoms with Gasteiger partial charge in [0.15, 0.2) is 5.78 Å². The van der Waals surface area contributed by atoms with E-state index in [2.05, 4.69) is 0 Å². The molecule has 14 heavy (non-hydrogen) atoms. The van der Waals surface area contributed by atoms with Crippen molar-refractivity contribution in [2.75, 3.05) is 0 Å². The molecule has 3 heteroatoms. The molecule has 0 spiro atoms. The van der Waals surface area contributed by atoms with Crippen molar-refractivity contribution in [3.8, 4) is 6.07 Å². The molecule has 0 aliphatic carbocycles. The maximum Gasteiger partial charge on any atom is 0.161 e. The molecule has 1 aromatic rings. The van der Waals surface area contributed by atoms with Gasteiger partial charge >= 0.3 is 0 Å². The van der Waals surface area contributed by atoms with Crippen molar-refractivity contribution in [1.82, 2.24) is 0 Å². The molecule has 0 fully saturated rings. The summed E-state index contributed by atoms with van der Waals surface area (Å²) in [6, 6.07) is 6.94. The highest BCUT2D eigenvalue weighted by Gasteiger charge is 2.04. The molecule has 0 bridgehead atoms. The summed E-state index contributed by atoms with van der Waals surface area (Å²) in [6.45, 7) is 1.46. The van der Waals surface area contributed by atoms with E-state index in [-0.39, 0.29) is 5.78 Å². The lowest BCUT2D eigenvalue weighted by Crippen LogP contribution is -1.92. The summed E-state index contributed by atoms with van der Waals surface area (Å²) in [5.74, 6) is -0.0641. The highest BCUT2D eigenvalue weighted by atomic mass is 35.5. The van der Waals surface area contributed by atoms with E-state index in [4.69, 9.17) is 16.9 Å². The predicted octanol–water partition coefficient (Wildman–Crippen LogP) is 3.08. The third-order valence-electron chi connectivity index (χ3n) is 1.72. The Morgan fingerprint density at radius 2 is 2.29 bits per heavy atom. The van der Waals surface area contributed by atoms with E-state index < -0.39 is 0 Å². The van der Waals surface area contributed by atoms with Crippen molar-refractivity contribution in [3.05, 3.63) is 40.4 Å². The van der Waals surface area contributed by atoms with E-state index in [0.29, 0.717) is 10.6 Å². The van der Waals surface area contributed by atoms with Gasteiger partial charge in [-0.15, -0.1) is 0 Å². The number of halogens is 1. The molecule has 0 unspecified atom stereocenters. The Morgan fingerprint density at radius 1 is 1.57 bits per heavy atom. The van der Waals surface area contributed by atoms with Crippen molar-refractivity contribution in [2.24, 2.45) is 0 Å². The number of rotatable bonds is 2. The second-order valence-corrected chi connectivity index (χ2v) is 3.17. The van der Waals surface area contributed by atoms with Crippen LogP contribution in [-0.2, 0) is 0 Å². The summed E-state index contributed by atoms with van der Waals surface area (Å²) in [7, 11) is 0. The van der Waals surface area contributed by atoms with Gasteiger partial charge in [-0.05, 0) is 30.7 Å². The van der Waals surface area contributed by atoms with E-state index in [1.54, 1.807) is 24.3 Å². The fourth-order valence-electron chi connectivity index (χ4n) is 1.05. The average molecular weight is 206 g/mol. The first kappa shape index (κ1) is 10.5. The van der Waals surface area contributed by atoms with Crippen LogP contribution in [0.4, 0.5) is 0 Å². The maximum absolute atomic E-state index is 11.0. The quantitative estimate of drug-likeness (QED) is 0.550. The Morgan fingerprint density at radius 3 is 2.79 bits per heavy atom. The van der Waals surface area contributed by atoms with Crippen LogP contribution in [-0.4, -0.2) is 5.78 Å². The molecular weight excluding hydrogens is 198 g/mol. The van der Waals surface area contributed by atoms with Gasteiger partial charge in [0.25, 0.3) is 0 Å². The molecule has 0 N–H and O–H groups in total. The van der Waals surface area contributed by atoms with Crippen LogP contribution >= 0.6 is 11.6 Å². The average Bonchev–Trinajstić information content (AvgIpc) is 2.14. The summed E-state index contributed by atoms with van der Waals surface area (Å²) in [4.78, 5) is 11.0. The first-order chi connectivity index (χ1) is 6.65. The summed E-state index contributed by atoms with van der Waals surface area (Å²) in [5, 5.41) is 8.73. The summed E-state index contributed by atoms with van der Waals surface area (Å²) in [6.07, 6.45) is 2.99. The lowest BCUT2D eigenvalue weighted by Gasteiger charge is -2.00. The van der Waals surface area contributed by atoms with Gasteiger partial charge in [0.1, 0.15) is 0 Å². The molecule has 1 rings (SSSR count). The van der Waals surface area contributed by atoms with Gasteiger partial charge < -0.3 is 0 Å². The minimum Gasteiger partial charge on any atom is -0.294 e. The Kier molecular flexibility index (Phi) is 3.44. The molecule has 0 aliphatic heterocycles. The van der Waals surface area contributed by atoms with Gasteiger partial charge in [-0.1, -0.05) is 17.7 Å². The van der Waals surface area contributed by atoms with E-state index in [9.17, 15) is 4.79 Å². The van der Waals surface area contributed by atoms with Crippen LogP contribution in [0, 0.1) is 11.3 Å². The Bertz CT molecular complexity index is 429. The molecule has 0 saturated heterocycles. The predicted molar refractivity (Wildman–Crippen MR) is 56.1 cm³/mol. The number of ketones is 1. The number of Topliss-reactive ketones (excluding diaryl/α,β-unsaturated/α-hetero) is 1. The molecule has 70 valence electrons. The van der Waals surface area contributed by atoms with Crippen molar-refractivity contribution >= 4 is 23.5 Å². The minimum atomic E-state index is -0.0641. The van der Waals surface area contributed by atoms with Gasteiger partial charge in [0.2, 0.25) is 0 Å². The fraction of sp³-hybridized carbons (Fsp3) is 0.0909. The molecule has 0 atom stereocenters. The molecular formula is C11H8ClNO. The maximum atomic E-state index is 11.0. The van der Waals surface area contributed by atoms with Crippen LogP contribution in [0.25, 0.3) is 6.08 Å². The zero-order valence-corrected chi connectivity index (χ0v) is 8.38. The first-order valence-corrected chi connectivity index (χ1v) is 4.39. The van der Waals surface area contributed by atoms with Crippen LogP contribution in [0.5, 0.6) is 0 Å². The van der Waals surface area contributed by atoms with Gasteiger partial charge in [0, 0.05) is 11.6 Å². The van der Waals surface area contributed by atoms with Gasteiger partial charge in [-0.2, -0.15) is 5.26 Å². The second kappa shape index (κ2) is 4.59. The molecule has 0 aromatic heterocycles. The van der Waals surface area contributed by atoms with Crippen LogP contribution < -0.4 is 0 Å². The number of hydrogen-bond donors (Lipinski definition) is 0. The van der Waals surface area contributed by atoms with E-state index in [1.807, 2.05) is 6.07 Å². The first-order valence-electron chi connectivity index (χ1n) is 4.02. The standard InChI is InChI=1S/C11H8ClNO/c1-8(14)10-5-4-9(3-2-6-13)7-11(10)12/h2-5,7H,1H3. The smallest absolute Gasteiger partial charge is 0.161 e. The Hall–Kier alpha value is -1.59. The third-order valence-corrected chi connectivity index (χ3v) is 2.04. The number of carbonyl (C=O) groups excluding carboxylic acids is 1. The lowest BCUT2D eigenvalue weighted by molar-refractivity contribution is 0.101. The SMILES string of the molecule is CC(=O)c1ccc(C=CC#N)cc1Cl. The van der Waals surface area contributed by atoms with Gasteiger partial charge in [-0.25, -0.2) is 0 Å². The number of benzene rings is 1. The zero-order chi connectivity index (χ0) is 10.6. The van der Waals surface area contributed by atoms with E-state index in [1.165, 1.54) is 13.0 Å². The topological polar surface area (TPSA) is 40.9 Å². The van der Waals surface area contributed by atoms with E-state index in [0.717, 1.165) is 5.56 Å². The van der Waals surface area contributed by atoms with Crippen LogP contribution in [0.2, 0.25) is 5.02 Å². The molecule has 0 heterocycles. The largest absolute Gasteiger partial charge is 0.294 e.